The maximum Gasteiger partial charge on any atom is 0.221 e. The largest absolute Gasteiger partial charge is 0.369 e. The van der Waals surface area contributed by atoms with E-state index in [2.05, 4.69) is 0 Å². The van der Waals surface area contributed by atoms with Crippen LogP contribution in [0.25, 0.3) is 10.8 Å². The van der Waals surface area contributed by atoms with Gasteiger partial charge < -0.3 is 5.73 Å². The van der Waals surface area contributed by atoms with Crippen molar-refractivity contribution in [1.82, 2.24) is 0 Å². The van der Waals surface area contributed by atoms with Crippen LogP contribution in [0, 0.1) is 0 Å². The molecule has 2 aromatic carbocycles. The number of nitrogens with two attached hydrogens (primary N) is 1. The van der Waals surface area contributed by atoms with Crippen molar-refractivity contribution >= 4 is 16.7 Å². The zero-order valence-electron chi connectivity index (χ0n) is 7.73. The Labute approximate surface area is 83.8 Å². The standard InChI is InChI=1S/C12H11NO.H2/c13-12(14)8-9-5-6-10-3-1-2-4-11(10)7-9;/h1-7H,8H2,(H2,13,14);1H. The maximum absolute atomic E-state index is 10.7. The first kappa shape index (κ1) is 8.75. The zero-order chi connectivity index (χ0) is 9.97. The molecule has 0 heterocycles. The normalized spacial score (nSPS) is 10.3. The van der Waals surface area contributed by atoms with Crippen LogP contribution in [0.5, 0.6) is 0 Å². The molecule has 14 heavy (non-hydrogen) atoms. The third-order valence-electron chi connectivity index (χ3n) is 2.19. The summed E-state index contributed by atoms with van der Waals surface area (Å²) in [5.74, 6) is -0.291. The average molecular weight is 187 g/mol. The number of fused-ring (bicyclic) bond motifs is 1. The Morgan fingerprint density at radius 2 is 1.86 bits per heavy atom. The number of hydrogen-bond acceptors (Lipinski definition) is 1. The molecule has 2 nitrogen and oxygen atoms in total. The summed E-state index contributed by atoms with van der Waals surface area (Å²) in [6.07, 6.45) is 0.310. The second kappa shape index (κ2) is 3.50. The summed E-state index contributed by atoms with van der Waals surface area (Å²) >= 11 is 0. The van der Waals surface area contributed by atoms with Crippen LogP contribution < -0.4 is 5.73 Å². The van der Waals surface area contributed by atoms with Gasteiger partial charge in [-0.1, -0.05) is 42.5 Å². The Kier molecular flexibility index (Phi) is 2.19. The predicted octanol–water partition coefficient (Wildman–Crippen LogP) is 2.11. The van der Waals surface area contributed by atoms with Crippen molar-refractivity contribution in [3.63, 3.8) is 0 Å². The highest BCUT2D eigenvalue weighted by molar-refractivity contribution is 5.84. The van der Waals surface area contributed by atoms with E-state index in [1.165, 1.54) is 5.39 Å². The molecule has 0 aliphatic carbocycles. The van der Waals surface area contributed by atoms with E-state index in [9.17, 15) is 4.79 Å². The molecule has 0 bridgehead atoms. The fourth-order valence-corrected chi connectivity index (χ4v) is 1.55. The van der Waals surface area contributed by atoms with Gasteiger partial charge >= 0.3 is 0 Å². The summed E-state index contributed by atoms with van der Waals surface area (Å²) in [5.41, 5.74) is 6.10. The summed E-state index contributed by atoms with van der Waals surface area (Å²) in [6, 6.07) is 14.0. The Bertz CT molecular complexity index is 482. The van der Waals surface area contributed by atoms with Crippen LogP contribution >= 0.6 is 0 Å². The van der Waals surface area contributed by atoms with Crippen molar-refractivity contribution in [2.45, 2.75) is 6.42 Å². The van der Waals surface area contributed by atoms with E-state index < -0.39 is 0 Å². The van der Waals surface area contributed by atoms with Crippen LogP contribution in [-0.2, 0) is 11.2 Å². The van der Waals surface area contributed by atoms with E-state index in [1.807, 2.05) is 42.5 Å². The molecule has 2 N–H and O–H groups in total. The van der Waals surface area contributed by atoms with Gasteiger partial charge in [-0.05, 0) is 16.3 Å². The summed E-state index contributed by atoms with van der Waals surface area (Å²) < 4.78 is 0. The molecule has 2 heteroatoms. The van der Waals surface area contributed by atoms with Crippen LogP contribution in [0.4, 0.5) is 0 Å². The van der Waals surface area contributed by atoms with Crippen LogP contribution in [0.15, 0.2) is 42.5 Å². The van der Waals surface area contributed by atoms with Gasteiger partial charge in [0, 0.05) is 1.43 Å². The number of hydrogen-bond donors (Lipinski definition) is 1. The van der Waals surface area contributed by atoms with Crippen molar-refractivity contribution < 1.29 is 6.22 Å². The van der Waals surface area contributed by atoms with Gasteiger partial charge in [-0.25, -0.2) is 0 Å². The fourth-order valence-electron chi connectivity index (χ4n) is 1.55. The predicted molar refractivity (Wildman–Crippen MR) is 59.0 cm³/mol. The van der Waals surface area contributed by atoms with Gasteiger partial charge in [-0.15, -0.1) is 0 Å². The van der Waals surface area contributed by atoms with E-state index >= 15 is 0 Å². The Hall–Kier alpha value is -1.83. The highest BCUT2D eigenvalue weighted by Gasteiger charge is 1.99. The highest BCUT2D eigenvalue weighted by atomic mass is 16.1. The smallest absolute Gasteiger partial charge is 0.221 e. The van der Waals surface area contributed by atoms with Crippen LogP contribution in [-0.4, -0.2) is 5.91 Å². The number of rotatable bonds is 2. The van der Waals surface area contributed by atoms with Crippen LogP contribution in [0.3, 0.4) is 0 Å². The molecule has 0 atom stereocenters. The summed E-state index contributed by atoms with van der Waals surface area (Å²) in [5, 5.41) is 2.33. The average Bonchev–Trinajstić information content (AvgIpc) is 2.17. The number of benzene rings is 2. The van der Waals surface area contributed by atoms with E-state index in [0.29, 0.717) is 6.42 Å². The van der Waals surface area contributed by atoms with E-state index in [-0.39, 0.29) is 7.33 Å². The van der Waals surface area contributed by atoms with Crippen molar-refractivity contribution in [1.29, 1.82) is 0 Å². The minimum absolute atomic E-state index is 0. The van der Waals surface area contributed by atoms with Gasteiger partial charge in [-0.2, -0.15) is 0 Å². The molecular weight excluding hydrogens is 174 g/mol. The Morgan fingerprint density at radius 3 is 2.57 bits per heavy atom. The first-order chi connectivity index (χ1) is 6.75. The first-order valence-electron chi connectivity index (χ1n) is 4.52. The van der Waals surface area contributed by atoms with Gasteiger partial charge in [0.15, 0.2) is 0 Å². The molecule has 2 aromatic rings. The van der Waals surface area contributed by atoms with E-state index in [4.69, 9.17) is 5.73 Å². The Morgan fingerprint density at radius 1 is 1.14 bits per heavy atom. The molecule has 0 aliphatic rings. The second-order valence-electron chi connectivity index (χ2n) is 3.32. The lowest BCUT2D eigenvalue weighted by Gasteiger charge is -2.00. The van der Waals surface area contributed by atoms with Crippen LogP contribution in [0.1, 0.15) is 6.99 Å². The third-order valence-corrected chi connectivity index (χ3v) is 2.19. The van der Waals surface area contributed by atoms with E-state index in [0.717, 1.165) is 10.9 Å². The topological polar surface area (TPSA) is 43.1 Å². The van der Waals surface area contributed by atoms with Crippen molar-refractivity contribution in [2.24, 2.45) is 5.73 Å². The lowest BCUT2D eigenvalue weighted by Crippen LogP contribution is -2.13. The summed E-state index contributed by atoms with van der Waals surface area (Å²) in [7, 11) is 0. The lowest BCUT2D eigenvalue weighted by atomic mass is 10.1. The number of primary amides is 1. The highest BCUT2D eigenvalue weighted by Crippen LogP contribution is 2.15. The molecule has 0 fully saturated rings. The minimum Gasteiger partial charge on any atom is -0.369 e. The van der Waals surface area contributed by atoms with Gasteiger partial charge in [0.1, 0.15) is 0 Å². The second-order valence-corrected chi connectivity index (χ2v) is 3.32. The lowest BCUT2D eigenvalue weighted by molar-refractivity contribution is -0.117. The van der Waals surface area contributed by atoms with Gasteiger partial charge in [0.25, 0.3) is 0 Å². The monoisotopic (exact) mass is 187 g/mol. The molecule has 1 amide bonds. The van der Waals surface area contributed by atoms with Crippen molar-refractivity contribution in [3.8, 4) is 0 Å². The summed E-state index contributed by atoms with van der Waals surface area (Å²) in [4.78, 5) is 10.7. The molecular formula is C12H13NO. The number of carbonyl (C=O) groups is 1. The van der Waals surface area contributed by atoms with Gasteiger partial charge in [0.2, 0.25) is 5.91 Å². The van der Waals surface area contributed by atoms with Crippen molar-refractivity contribution in [2.75, 3.05) is 0 Å². The molecule has 0 aliphatic heterocycles. The quantitative estimate of drug-likeness (QED) is 0.768. The third kappa shape index (κ3) is 1.74. The molecule has 0 unspecified atom stereocenters. The minimum atomic E-state index is -0.291. The molecule has 0 saturated heterocycles. The SMILES string of the molecule is NC(=O)Cc1ccc2ccccc2c1.[HH]. The molecule has 0 radical (unpaired) electrons. The molecule has 0 aromatic heterocycles. The van der Waals surface area contributed by atoms with Gasteiger partial charge in [0.05, 0.1) is 6.42 Å². The Balaban J connectivity index is 0.00000112. The first-order valence-corrected chi connectivity index (χ1v) is 4.52. The summed E-state index contributed by atoms with van der Waals surface area (Å²) in [6.45, 7) is 0. The fraction of sp³-hybridized carbons (Fsp3) is 0.0833. The molecule has 2 rings (SSSR count). The van der Waals surface area contributed by atoms with E-state index in [1.54, 1.807) is 0 Å². The van der Waals surface area contributed by atoms with Crippen LogP contribution in [0.2, 0.25) is 0 Å². The zero-order valence-corrected chi connectivity index (χ0v) is 7.73. The maximum atomic E-state index is 10.7. The number of amides is 1. The molecule has 0 saturated carbocycles. The molecule has 72 valence electrons. The molecule has 0 spiro atoms. The number of carbonyl (C=O) groups excluding carboxylic acids is 1. The van der Waals surface area contributed by atoms with Crippen molar-refractivity contribution in [3.05, 3.63) is 48.0 Å². The van der Waals surface area contributed by atoms with Gasteiger partial charge in [-0.3, -0.25) is 4.79 Å².